The van der Waals surface area contributed by atoms with E-state index < -0.39 is 18.0 Å². The number of carbonyl (C=O) groups is 3. The number of hydrogen-bond acceptors (Lipinski definition) is 6. The standard InChI is InChI=1S/C35H46N2O7/c1-23(2)9-8-16-35(4)29-14-12-24(3)43-31(29)28-19-26(13-15-30(28)44-35)32(38)36-17-18-37(21-27(20-36)33(39)40)34(41)42-22-25-10-6-5-7-11-25/h5-7,10-11,13,15,19,23-24,27,29,31H,8-9,12,14,16-18,20-22H2,1-4H3,(H,39,40)/t24-,27?,29-,31+,35+/m1/s1. The Hall–Kier alpha value is -3.59. The van der Waals surface area contributed by atoms with Gasteiger partial charge in [-0.05, 0) is 69.2 Å². The highest BCUT2D eigenvalue weighted by molar-refractivity contribution is 5.95. The summed E-state index contributed by atoms with van der Waals surface area (Å²) in [5.74, 6) is -0.722. The summed E-state index contributed by atoms with van der Waals surface area (Å²) >= 11 is 0. The molecule has 44 heavy (non-hydrogen) atoms. The molecule has 1 N–H and O–H groups in total. The Morgan fingerprint density at radius 1 is 1.05 bits per heavy atom. The van der Waals surface area contributed by atoms with Crippen LogP contribution in [0, 0.1) is 17.8 Å². The Balaban J connectivity index is 1.32. The van der Waals surface area contributed by atoms with Gasteiger partial charge in [-0.25, -0.2) is 4.79 Å². The quantitative estimate of drug-likeness (QED) is 0.375. The van der Waals surface area contributed by atoms with Gasteiger partial charge in [0.05, 0.1) is 18.1 Å². The molecule has 5 rings (SSSR count). The van der Waals surface area contributed by atoms with Gasteiger partial charge in [-0.2, -0.15) is 0 Å². The fourth-order valence-electron chi connectivity index (χ4n) is 6.83. The van der Waals surface area contributed by atoms with E-state index in [1.807, 2.05) is 42.5 Å². The van der Waals surface area contributed by atoms with Gasteiger partial charge in [0.2, 0.25) is 0 Å². The van der Waals surface area contributed by atoms with Crippen molar-refractivity contribution in [3.8, 4) is 5.75 Å². The minimum Gasteiger partial charge on any atom is -0.487 e. The molecular formula is C35H46N2O7. The molecule has 1 unspecified atom stereocenters. The predicted octanol–water partition coefficient (Wildman–Crippen LogP) is 6.32. The van der Waals surface area contributed by atoms with Crippen molar-refractivity contribution >= 4 is 18.0 Å². The Morgan fingerprint density at radius 3 is 2.50 bits per heavy atom. The van der Waals surface area contributed by atoms with Crippen molar-refractivity contribution in [3.05, 3.63) is 65.2 Å². The van der Waals surface area contributed by atoms with Crippen LogP contribution in [0.3, 0.4) is 0 Å². The molecule has 0 aromatic heterocycles. The molecule has 9 heteroatoms. The van der Waals surface area contributed by atoms with Crippen molar-refractivity contribution < 1.29 is 33.7 Å². The number of fused-ring (bicyclic) bond motifs is 3. The van der Waals surface area contributed by atoms with Crippen LogP contribution in [0.25, 0.3) is 0 Å². The second-order valence-corrected chi connectivity index (χ2v) is 13.3. The Labute approximate surface area is 260 Å². The average molecular weight is 607 g/mol. The molecule has 238 valence electrons. The molecule has 0 aliphatic carbocycles. The van der Waals surface area contributed by atoms with Crippen LogP contribution < -0.4 is 4.74 Å². The number of carbonyl (C=O) groups excluding carboxylic acids is 2. The number of nitrogens with zero attached hydrogens (tertiary/aromatic N) is 2. The normalized spacial score (nSPS) is 26.7. The van der Waals surface area contributed by atoms with Gasteiger partial charge in [0.15, 0.2) is 0 Å². The summed E-state index contributed by atoms with van der Waals surface area (Å²) in [7, 11) is 0. The number of benzene rings is 2. The average Bonchev–Trinajstić information content (AvgIpc) is 3.24. The van der Waals surface area contributed by atoms with Gasteiger partial charge in [-0.15, -0.1) is 0 Å². The van der Waals surface area contributed by atoms with Crippen molar-refractivity contribution in [1.29, 1.82) is 0 Å². The minimum absolute atomic E-state index is 0.00226. The van der Waals surface area contributed by atoms with Crippen molar-refractivity contribution in [2.75, 3.05) is 26.2 Å². The number of hydrogen-bond donors (Lipinski definition) is 1. The van der Waals surface area contributed by atoms with Crippen LogP contribution in [0.4, 0.5) is 4.79 Å². The van der Waals surface area contributed by atoms with E-state index in [2.05, 4.69) is 27.7 Å². The molecule has 2 saturated heterocycles. The molecule has 2 aromatic carbocycles. The molecule has 2 amide bonds. The number of aliphatic carboxylic acids is 1. The molecule has 0 radical (unpaired) electrons. The van der Waals surface area contributed by atoms with E-state index >= 15 is 0 Å². The van der Waals surface area contributed by atoms with E-state index in [-0.39, 0.29) is 62.4 Å². The second kappa shape index (κ2) is 13.6. The maximum absolute atomic E-state index is 13.9. The lowest BCUT2D eigenvalue weighted by atomic mass is 9.72. The van der Waals surface area contributed by atoms with E-state index in [0.717, 1.165) is 49.0 Å². The number of amides is 2. The van der Waals surface area contributed by atoms with Crippen LogP contribution in [0.5, 0.6) is 5.75 Å². The van der Waals surface area contributed by atoms with Crippen LogP contribution in [-0.4, -0.2) is 70.8 Å². The Morgan fingerprint density at radius 2 is 1.77 bits per heavy atom. The third-order valence-corrected chi connectivity index (χ3v) is 9.40. The Bertz CT molecular complexity index is 1330. The number of rotatable bonds is 8. The maximum Gasteiger partial charge on any atom is 0.410 e. The number of carboxylic acid groups (broad SMARTS) is 1. The summed E-state index contributed by atoms with van der Waals surface area (Å²) in [6.45, 7) is 9.21. The van der Waals surface area contributed by atoms with Gasteiger partial charge in [0.25, 0.3) is 5.91 Å². The van der Waals surface area contributed by atoms with Gasteiger partial charge >= 0.3 is 12.1 Å². The summed E-state index contributed by atoms with van der Waals surface area (Å²) in [5.41, 5.74) is 1.83. The van der Waals surface area contributed by atoms with Gasteiger partial charge in [0, 0.05) is 43.2 Å². The SMILES string of the molecule is CC(C)CCC[C@]1(C)Oc2ccc(C(=O)N3CCN(C(=O)OCc4ccccc4)CC(C(=O)O)C3)cc2[C@@H]2O[C@H](C)CC[C@H]21. The molecule has 3 heterocycles. The van der Waals surface area contributed by atoms with Crippen molar-refractivity contribution in [3.63, 3.8) is 0 Å². The van der Waals surface area contributed by atoms with Gasteiger partial charge in [-0.1, -0.05) is 50.6 Å². The fourth-order valence-corrected chi connectivity index (χ4v) is 6.83. The maximum atomic E-state index is 13.9. The van der Waals surface area contributed by atoms with Gasteiger partial charge in [-0.3, -0.25) is 9.59 Å². The summed E-state index contributed by atoms with van der Waals surface area (Å²) in [5, 5.41) is 9.94. The zero-order chi connectivity index (χ0) is 31.4. The van der Waals surface area contributed by atoms with Gasteiger partial charge in [0.1, 0.15) is 18.0 Å². The lowest BCUT2D eigenvalue weighted by Gasteiger charge is -2.50. The van der Waals surface area contributed by atoms with Crippen molar-refractivity contribution in [2.24, 2.45) is 17.8 Å². The molecule has 0 spiro atoms. The molecule has 9 nitrogen and oxygen atoms in total. The van der Waals surface area contributed by atoms with Crippen molar-refractivity contribution in [1.82, 2.24) is 9.80 Å². The zero-order valence-electron chi connectivity index (χ0n) is 26.4. The first-order chi connectivity index (χ1) is 21.0. The first kappa shape index (κ1) is 31.8. The van der Waals surface area contributed by atoms with Gasteiger partial charge < -0.3 is 29.1 Å². The lowest BCUT2D eigenvalue weighted by Crippen LogP contribution is -2.50. The van der Waals surface area contributed by atoms with Crippen LogP contribution in [-0.2, 0) is 20.9 Å². The third-order valence-electron chi connectivity index (χ3n) is 9.40. The monoisotopic (exact) mass is 606 g/mol. The fraction of sp³-hybridized carbons (Fsp3) is 0.571. The second-order valence-electron chi connectivity index (χ2n) is 13.3. The summed E-state index contributed by atoms with van der Waals surface area (Å²) < 4.78 is 18.7. The lowest BCUT2D eigenvalue weighted by molar-refractivity contribution is -0.152. The zero-order valence-corrected chi connectivity index (χ0v) is 26.4. The van der Waals surface area contributed by atoms with Crippen LogP contribution >= 0.6 is 0 Å². The molecule has 3 aliphatic heterocycles. The predicted molar refractivity (Wildman–Crippen MR) is 165 cm³/mol. The van der Waals surface area contributed by atoms with E-state index in [1.54, 1.807) is 6.07 Å². The largest absolute Gasteiger partial charge is 0.487 e. The smallest absolute Gasteiger partial charge is 0.410 e. The minimum atomic E-state index is -1.06. The van der Waals surface area contributed by atoms with Crippen LogP contribution in [0.1, 0.15) is 87.4 Å². The molecule has 2 aromatic rings. The summed E-state index contributed by atoms with van der Waals surface area (Å²) in [6, 6.07) is 14.8. The highest BCUT2D eigenvalue weighted by atomic mass is 16.6. The highest BCUT2D eigenvalue weighted by Crippen LogP contribution is 2.52. The Kier molecular flexibility index (Phi) is 9.83. The number of ether oxygens (including phenoxy) is 3. The van der Waals surface area contributed by atoms with Crippen LogP contribution in [0.2, 0.25) is 0 Å². The molecule has 0 bridgehead atoms. The van der Waals surface area contributed by atoms with E-state index in [4.69, 9.17) is 14.2 Å². The topological polar surface area (TPSA) is 106 Å². The van der Waals surface area contributed by atoms with E-state index in [0.29, 0.717) is 11.5 Å². The molecule has 5 atom stereocenters. The first-order valence-corrected chi connectivity index (χ1v) is 16.0. The highest BCUT2D eigenvalue weighted by Gasteiger charge is 2.49. The van der Waals surface area contributed by atoms with E-state index in [9.17, 15) is 19.5 Å². The number of carboxylic acids is 1. The molecule has 3 aliphatic rings. The summed E-state index contributed by atoms with van der Waals surface area (Å²) in [6.07, 6.45) is 4.46. The molecule has 2 fully saturated rings. The summed E-state index contributed by atoms with van der Waals surface area (Å²) in [4.78, 5) is 41.8. The van der Waals surface area contributed by atoms with Crippen LogP contribution in [0.15, 0.2) is 48.5 Å². The van der Waals surface area contributed by atoms with E-state index in [1.165, 1.54) is 9.80 Å². The van der Waals surface area contributed by atoms with Crippen molar-refractivity contribution in [2.45, 2.75) is 84.2 Å². The molecule has 0 saturated carbocycles. The third kappa shape index (κ3) is 7.20. The molecular weight excluding hydrogens is 560 g/mol. The first-order valence-electron chi connectivity index (χ1n) is 16.0.